The Balaban J connectivity index is 0. The average molecular weight is 488 g/mol. The molecule has 1 N–H and O–H groups in total. The van der Waals surface area contributed by atoms with E-state index in [2.05, 4.69) is 28.7 Å². The fourth-order valence-electron chi connectivity index (χ4n) is 2.23. The van der Waals surface area contributed by atoms with Crippen molar-refractivity contribution in [2.45, 2.75) is 46.0 Å². The third-order valence-corrected chi connectivity index (χ3v) is 5.69. The molecule has 0 unspecified atom stereocenters. The van der Waals surface area contributed by atoms with E-state index in [4.69, 9.17) is 0 Å². The van der Waals surface area contributed by atoms with Gasteiger partial charge < -0.3 is 10.2 Å². The second-order valence-corrected chi connectivity index (χ2v) is 8.24. The molecule has 0 fully saturated rings. The molecular weight excluding hydrogens is 451 g/mol. The molecule has 0 bridgehead atoms. The van der Waals surface area contributed by atoms with Gasteiger partial charge in [-0.3, -0.25) is 4.99 Å². The molecule has 0 aliphatic heterocycles. The largest absolute Gasteiger partial charge is 0.357 e. The van der Waals surface area contributed by atoms with E-state index >= 15 is 0 Å². The number of hydrogen-bond acceptors (Lipinski definition) is 3. The smallest absolute Gasteiger partial charge is 0.213 e. The zero-order chi connectivity index (χ0) is 18.4. The van der Waals surface area contributed by atoms with Gasteiger partial charge in [-0.2, -0.15) is 0 Å². The molecule has 8 heteroatoms. The SMILES string of the molecule is C=CCCCCCN(C)C(=NCCCN(C)S(=O)(=O)CC)NCC.I. The van der Waals surface area contributed by atoms with E-state index in [-0.39, 0.29) is 29.7 Å². The predicted octanol–water partition coefficient (Wildman–Crippen LogP) is 2.92. The van der Waals surface area contributed by atoms with Gasteiger partial charge in [-0.1, -0.05) is 12.5 Å². The summed E-state index contributed by atoms with van der Waals surface area (Å²) in [5.41, 5.74) is 0. The summed E-state index contributed by atoms with van der Waals surface area (Å²) in [6.07, 6.45) is 7.26. The van der Waals surface area contributed by atoms with Crippen LogP contribution in [-0.4, -0.2) is 69.6 Å². The fourth-order valence-corrected chi connectivity index (χ4v) is 3.08. The second kappa shape index (κ2) is 15.9. The van der Waals surface area contributed by atoms with Crippen molar-refractivity contribution in [3.8, 4) is 0 Å². The zero-order valence-corrected chi connectivity index (χ0v) is 19.5. The monoisotopic (exact) mass is 488 g/mol. The van der Waals surface area contributed by atoms with Crippen molar-refractivity contribution in [3.05, 3.63) is 12.7 Å². The lowest BCUT2D eigenvalue weighted by Crippen LogP contribution is -2.39. The molecule has 150 valence electrons. The van der Waals surface area contributed by atoms with Gasteiger partial charge in [-0.05, 0) is 39.5 Å². The van der Waals surface area contributed by atoms with Gasteiger partial charge >= 0.3 is 0 Å². The van der Waals surface area contributed by atoms with Gasteiger partial charge in [0.15, 0.2) is 5.96 Å². The van der Waals surface area contributed by atoms with Crippen molar-refractivity contribution in [1.29, 1.82) is 0 Å². The number of nitrogens with one attached hydrogen (secondary N) is 1. The molecule has 25 heavy (non-hydrogen) atoms. The molecule has 0 saturated heterocycles. The van der Waals surface area contributed by atoms with Crippen LogP contribution < -0.4 is 5.32 Å². The fraction of sp³-hybridized carbons (Fsp3) is 0.824. The van der Waals surface area contributed by atoms with Gasteiger partial charge in [0.2, 0.25) is 10.0 Å². The van der Waals surface area contributed by atoms with E-state index in [0.29, 0.717) is 13.1 Å². The van der Waals surface area contributed by atoms with Crippen molar-refractivity contribution in [1.82, 2.24) is 14.5 Å². The summed E-state index contributed by atoms with van der Waals surface area (Å²) in [6.45, 7) is 10.4. The molecule has 0 aromatic heterocycles. The first-order valence-electron chi connectivity index (χ1n) is 8.93. The van der Waals surface area contributed by atoms with Crippen LogP contribution in [0, 0.1) is 0 Å². The van der Waals surface area contributed by atoms with E-state index in [0.717, 1.165) is 38.3 Å². The summed E-state index contributed by atoms with van der Waals surface area (Å²) in [4.78, 5) is 6.74. The summed E-state index contributed by atoms with van der Waals surface area (Å²) in [5, 5.41) is 3.29. The molecule has 0 aromatic rings. The van der Waals surface area contributed by atoms with Crippen molar-refractivity contribution < 1.29 is 8.42 Å². The van der Waals surface area contributed by atoms with E-state index in [1.807, 2.05) is 13.1 Å². The van der Waals surface area contributed by atoms with Crippen molar-refractivity contribution in [2.24, 2.45) is 4.99 Å². The first-order valence-corrected chi connectivity index (χ1v) is 10.5. The Bertz CT molecular complexity index is 469. The van der Waals surface area contributed by atoms with Crippen LogP contribution >= 0.6 is 24.0 Å². The van der Waals surface area contributed by atoms with Gasteiger partial charge in [0.1, 0.15) is 0 Å². The Morgan fingerprint density at radius 3 is 2.36 bits per heavy atom. The van der Waals surface area contributed by atoms with E-state index in [9.17, 15) is 8.42 Å². The summed E-state index contributed by atoms with van der Waals surface area (Å²) in [6, 6.07) is 0. The van der Waals surface area contributed by atoms with E-state index < -0.39 is 10.0 Å². The number of hydrogen-bond donors (Lipinski definition) is 1. The maximum absolute atomic E-state index is 11.7. The van der Waals surface area contributed by atoms with E-state index in [1.54, 1.807) is 14.0 Å². The van der Waals surface area contributed by atoms with Crippen molar-refractivity contribution in [3.63, 3.8) is 0 Å². The molecule has 0 amide bonds. The summed E-state index contributed by atoms with van der Waals surface area (Å²) >= 11 is 0. The number of halogens is 1. The second-order valence-electron chi connectivity index (χ2n) is 5.87. The van der Waals surface area contributed by atoms with Crippen LogP contribution in [0.1, 0.15) is 46.0 Å². The number of unbranched alkanes of at least 4 members (excludes halogenated alkanes) is 3. The number of rotatable bonds is 13. The maximum Gasteiger partial charge on any atom is 0.213 e. The van der Waals surface area contributed by atoms with Crippen LogP contribution in [0.4, 0.5) is 0 Å². The maximum atomic E-state index is 11.7. The highest BCUT2D eigenvalue weighted by Gasteiger charge is 2.14. The standard InChI is InChI=1S/C17H36N4O2S.HI/c1-6-9-10-11-12-15-20(4)17(18-7-2)19-14-13-16-21(5)24(22,23)8-3;/h6H,1,7-16H2,2-5H3,(H,18,19);1H. The van der Waals surface area contributed by atoms with Crippen LogP contribution in [0.25, 0.3) is 0 Å². The highest BCUT2D eigenvalue weighted by molar-refractivity contribution is 14.0. The van der Waals surface area contributed by atoms with Crippen LogP contribution in [0.3, 0.4) is 0 Å². The molecular formula is C17H37IN4O2S. The Morgan fingerprint density at radius 2 is 1.80 bits per heavy atom. The molecule has 0 rings (SSSR count). The molecule has 0 radical (unpaired) electrons. The lowest BCUT2D eigenvalue weighted by atomic mass is 10.2. The van der Waals surface area contributed by atoms with Crippen molar-refractivity contribution >= 4 is 40.0 Å². The molecule has 0 spiro atoms. The first kappa shape index (κ1) is 26.9. The minimum atomic E-state index is -3.09. The van der Waals surface area contributed by atoms with Crippen LogP contribution in [-0.2, 0) is 10.0 Å². The third-order valence-electron chi connectivity index (χ3n) is 3.83. The van der Waals surface area contributed by atoms with Crippen LogP contribution in [0.15, 0.2) is 17.6 Å². The Kier molecular flexibility index (Phi) is 17.1. The van der Waals surface area contributed by atoms with Gasteiger partial charge in [0, 0.05) is 40.3 Å². The predicted molar refractivity (Wildman–Crippen MR) is 119 cm³/mol. The molecule has 0 aromatic carbocycles. The lowest BCUT2D eigenvalue weighted by molar-refractivity contribution is 0.449. The average Bonchev–Trinajstić information content (AvgIpc) is 2.56. The molecule has 0 aliphatic carbocycles. The first-order chi connectivity index (χ1) is 11.4. The summed E-state index contributed by atoms with van der Waals surface area (Å²) < 4.78 is 24.8. The zero-order valence-electron chi connectivity index (χ0n) is 16.3. The minimum absolute atomic E-state index is 0. The number of aliphatic imine (C=N–C) groups is 1. The number of guanidine groups is 1. The van der Waals surface area contributed by atoms with Crippen molar-refractivity contribution in [2.75, 3.05) is 46.0 Å². The topological polar surface area (TPSA) is 65.0 Å². The molecule has 6 nitrogen and oxygen atoms in total. The van der Waals surface area contributed by atoms with Gasteiger partial charge in [-0.25, -0.2) is 12.7 Å². The molecule has 0 atom stereocenters. The number of nitrogens with zero attached hydrogens (tertiary/aromatic N) is 3. The minimum Gasteiger partial charge on any atom is -0.357 e. The third kappa shape index (κ3) is 12.6. The van der Waals surface area contributed by atoms with E-state index in [1.165, 1.54) is 17.1 Å². The van der Waals surface area contributed by atoms with Crippen LogP contribution in [0.2, 0.25) is 0 Å². The number of allylic oxidation sites excluding steroid dienone is 1. The Morgan fingerprint density at radius 1 is 1.12 bits per heavy atom. The number of sulfonamides is 1. The Labute approximate surface area is 172 Å². The normalized spacial score (nSPS) is 12.0. The highest BCUT2D eigenvalue weighted by atomic mass is 127. The van der Waals surface area contributed by atoms with Crippen LogP contribution in [0.5, 0.6) is 0 Å². The molecule has 0 heterocycles. The van der Waals surface area contributed by atoms with Gasteiger partial charge in [0.25, 0.3) is 0 Å². The summed E-state index contributed by atoms with van der Waals surface area (Å²) in [7, 11) is 0.579. The quantitative estimate of drug-likeness (QED) is 0.142. The highest BCUT2D eigenvalue weighted by Crippen LogP contribution is 2.02. The molecule has 0 saturated carbocycles. The summed E-state index contributed by atoms with van der Waals surface area (Å²) in [5.74, 6) is 1.03. The van der Waals surface area contributed by atoms with Gasteiger partial charge in [0.05, 0.1) is 5.75 Å². The lowest BCUT2D eigenvalue weighted by Gasteiger charge is -2.22. The van der Waals surface area contributed by atoms with Gasteiger partial charge in [-0.15, -0.1) is 30.6 Å². The molecule has 0 aliphatic rings. The Hall–Kier alpha value is -0.350.